The molecule has 0 spiro atoms. The summed E-state index contributed by atoms with van der Waals surface area (Å²) in [7, 11) is 3.07. The van der Waals surface area contributed by atoms with Gasteiger partial charge in [0, 0.05) is 12.1 Å². The largest absolute Gasteiger partial charge is 0.494 e. The number of benzene rings is 1. The number of ether oxygens (including phenoxy) is 2. The summed E-state index contributed by atoms with van der Waals surface area (Å²) in [5.74, 6) is 0.573. The van der Waals surface area contributed by atoms with E-state index in [1.165, 1.54) is 11.8 Å². The summed E-state index contributed by atoms with van der Waals surface area (Å²) in [6, 6.07) is 5.11. The number of aldehydes is 1. The zero-order valence-corrected chi connectivity index (χ0v) is 11.2. The number of hydrogen-bond acceptors (Lipinski definition) is 5. The summed E-state index contributed by atoms with van der Waals surface area (Å²) in [5, 5.41) is 8.27. The molecule has 19 heavy (non-hydrogen) atoms. The SMILES string of the molecule is COCc1c(C=O)nnn1-c1cc(Cl)ccc1OC. The molecule has 0 aliphatic carbocycles. The Kier molecular flexibility index (Phi) is 4.13. The molecular weight excluding hydrogens is 270 g/mol. The molecule has 0 saturated carbocycles. The van der Waals surface area contributed by atoms with Gasteiger partial charge in [-0.05, 0) is 18.2 Å². The highest BCUT2D eigenvalue weighted by molar-refractivity contribution is 6.30. The molecule has 7 heteroatoms. The first-order valence-electron chi connectivity index (χ1n) is 5.44. The van der Waals surface area contributed by atoms with Gasteiger partial charge < -0.3 is 9.47 Å². The Hall–Kier alpha value is -1.92. The molecule has 0 N–H and O–H groups in total. The zero-order chi connectivity index (χ0) is 13.8. The molecule has 2 rings (SSSR count). The van der Waals surface area contributed by atoms with E-state index in [0.717, 1.165) is 0 Å². The van der Waals surface area contributed by atoms with Gasteiger partial charge in [-0.2, -0.15) is 0 Å². The molecule has 1 aromatic heterocycles. The van der Waals surface area contributed by atoms with E-state index in [1.807, 2.05) is 0 Å². The first kappa shape index (κ1) is 13.5. The summed E-state index contributed by atoms with van der Waals surface area (Å²) < 4.78 is 11.8. The minimum Gasteiger partial charge on any atom is -0.494 e. The molecule has 0 atom stereocenters. The van der Waals surface area contributed by atoms with Crippen molar-refractivity contribution in [1.82, 2.24) is 15.0 Å². The van der Waals surface area contributed by atoms with Crippen molar-refractivity contribution < 1.29 is 14.3 Å². The number of rotatable bonds is 5. The van der Waals surface area contributed by atoms with Crippen LogP contribution in [0.25, 0.3) is 5.69 Å². The Morgan fingerprint density at radius 3 is 2.84 bits per heavy atom. The third-order valence-corrected chi connectivity index (χ3v) is 2.79. The Morgan fingerprint density at radius 1 is 1.42 bits per heavy atom. The molecular formula is C12H12ClN3O3. The molecule has 0 radical (unpaired) electrons. The van der Waals surface area contributed by atoms with Crippen LogP contribution in [-0.2, 0) is 11.3 Å². The van der Waals surface area contributed by atoms with Gasteiger partial charge in [-0.1, -0.05) is 16.8 Å². The van der Waals surface area contributed by atoms with Crippen LogP contribution in [0.3, 0.4) is 0 Å². The highest BCUT2D eigenvalue weighted by Crippen LogP contribution is 2.27. The van der Waals surface area contributed by atoms with Crippen molar-refractivity contribution >= 4 is 17.9 Å². The van der Waals surface area contributed by atoms with Gasteiger partial charge in [0.15, 0.2) is 12.0 Å². The van der Waals surface area contributed by atoms with Gasteiger partial charge in [0.1, 0.15) is 17.1 Å². The van der Waals surface area contributed by atoms with Crippen LogP contribution < -0.4 is 4.74 Å². The lowest BCUT2D eigenvalue weighted by Gasteiger charge is -2.11. The maximum atomic E-state index is 10.9. The average molecular weight is 282 g/mol. The molecule has 100 valence electrons. The molecule has 2 aromatic rings. The van der Waals surface area contributed by atoms with Crippen LogP contribution in [0.1, 0.15) is 16.2 Å². The number of halogens is 1. The minimum absolute atomic E-state index is 0.205. The van der Waals surface area contributed by atoms with Crippen molar-refractivity contribution in [2.75, 3.05) is 14.2 Å². The van der Waals surface area contributed by atoms with Gasteiger partial charge in [-0.25, -0.2) is 4.68 Å². The van der Waals surface area contributed by atoms with Gasteiger partial charge in [0.2, 0.25) is 0 Å². The van der Waals surface area contributed by atoms with Crippen molar-refractivity contribution in [1.29, 1.82) is 0 Å². The van der Waals surface area contributed by atoms with E-state index in [0.29, 0.717) is 28.4 Å². The zero-order valence-electron chi connectivity index (χ0n) is 10.5. The van der Waals surface area contributed by atoms with Crippen molar-refractivity contribution in [3.63, 3.8) is 0 Å². The topological polar surface area (TPSA) is 66.2 Å². The molecule has 0 unspecified atom stereocenters. The van der Waals surface area contributed by atoms with E-state index in [4.69, 9.17) is 21.1 Å². The number of carbonyl (C=O) groups is 1. The fourth-order valence-corrected chi connectivity index (χ4v) is 1.87. The predicted octanol–water partition coefficient (Wildman–Crippen LogP) is 1.89. The molecule has 0 aliphatic rings. The van der Waals surface area contributed by atoms with Crippen molar-refractivity contribution in [3.8, 4) is 11.4 Å². The van der Waals surface area contributed by atoms with E-state index in [1.54, 1.807) is 25.3 Å². The van der Waals surface area contributed by atoms with Crippen LogP contribution in [0.2, 0.25) is 5.02 Å². The predicted molar refractivity (Wildman–Crippen MR) is 69.0 cm³/mol. The van der Waals surface area contributed by atoms with Gasteiger partial charge in [-0.3, -0.25) is 4.79 Å². The number of hydrogen-bond donors (Lipinski definition) is 0. The van der Waals surface area contributed by atoms with Crippen molar-refractivity contribution in [3.05, 3.63) is 34.6 Å². The summed E-state index contributed by atoms with van der Waals surface area (Å²) in [6.07, 6.45) is 0.634. The van der Waals surface area contributed by atoms with Crippen LogP contribution in [0.15, 0.2) is 18.2 Å². The van der Waals surface area contributed by atoms with Crippen LogP contribution in [0.4, 0.5) is 0 Å². The monoisotopic (exact) mass is 281 g/mol. The normalized spacial score (nSPS) is 10.5. The molecule has 1 aromatic carbocycles. The van der Waals surface area contributed by atoms with Gasteiger partial charge in [-0.15, -0.1) is 5.10 Å². The first-order chi connectivity index (χ1) is 9.21. The Labute approximate surface area is 114 Å². The maximum Gasteiger partial charge on any atom is 0.172 e. The molecule has 0 amide bonds. The van der Waals surface area contributed by atoms with E-state index >= 15 is 0 Å². The number of methoxy groups -OCH3 is 2. The third-order valence-electron chi connectivity index (χ3n) is 2.56. The lowest BCUT2D eigenvalue weighted by molar-refractivity contribution is 0.111. The lowest BCUT2D eigenvalue weighted by Crippen LogP contribution is -2.06. The summed E-state index contributed by atoms with van der Waals surface area (Å²) in [4.78, 5) is 10.9. The molecule has 0 fully saturated rings. The molecule has 0 aliphatic heterocycles. The summed E-state index contributed by atoms with van der Waals surface area (Å²) in [5.41, 5.74) is 1.37. The van der Waals surface area contributed by atoms with Crippen molar-refractivity contribution in [2.45, 2.75) is 6.61 Å². The number of carbonyl (C=O) groups excluding carboxylic acids is 1. The Morgan fingerprint density at radius 2 is 2.21 bits per heavy atom. The lowest BCUT2D eigenvalue weighted by atomic mass is 10.2. The summed E-state index contributed by atoms with van der Waals surface area (Å²) in [6.45, 7) is 0.205. The quantitative estimate of drug-likeness (QED) is 0.783. The molecule has 6 nitrogen and oxygen atoms in total. The second-order valence-electron chi connectivity index (χ2n) is 3.70. The van der Waals surface area contributed by atoms with Crippen LogP contribution in [-0.4, -0.2) is 35.5 Å². The van der Waals surface area contributed by atoms with E-state index in [-0.39, 0.29) is 12.3 Å². The highest BCUT2D eigenvalue weighted by Gasteiger charge is 2.16. The van der Waals surface area contributed by atoms with E-state index in [2.05, 4.69) is 10.3 Å². The fraction of sp³-hybridized carbons (Fsp3) is 0.250. The molecule has 0 bridgehead atoms. The number of nitrogens with zero attached hydrogens (tertiary/aromatic N) is 3. The second-order valence-corrected chi connectivity index (χ2v) is 4.14. The first-order valence-corrected chi connectivity index (χ1v) is 5.81. The van der Waals surface area contributed by atoms with Gasteiger partial charge >= 0.3 is 0 Å². The highest BCUT2D eigenvalue weighted by atomic mass is 35.5. The van der Waals surface area contributed by atoms with Crippen molar-refractivity contribution in [2.24, 2.45) is 0 Å². The fourth-order valence-electron chi connectivity index (χ4n) is 1.70. The molecule has 1 heterocycles. The smallest absolute Gasteiger partial charge is 0.172 e. The second kappa shape index (κ2) is 5.81. The minimum atomic E-state index is 0.205. The van der Waals surface area contributed by atoms with E-state index in [9.17, 15) is 4.79 Å². The van der Waals surface area contributed by atoms with Gasteiger partial charge in [0.05, 0.1) is 13.7 Å². The van der Waals surface area contributed by atoms with Crippen LogP contribution in [0.5, 0.6) is 5.75 Å². The molecule has 0 saturated heterocycles. The van der Waals surface area contributed by atoms with Crippen LogP contribution >= 0.6 is 11.6 Å². The summed E-state index contributed by atoms with van der Waals surface area (Å²) >= 11 is 5.98. The van der Waals surface area contributed by atoms with Crippen LogP contribution in [0, 0.1) is 0 Å². The Bertz CT molecular complexity index is 598. The Balaban J connectivity index is 2.60. The van der Waals surface area contributed by atoms with E-state index < -0.39 is 0 Å². The maximum absolute atomic E-state index is 10.9. The standard InChI is InChI=1S/C12H12ClN3O3/c1-18-7-11-9(6-17)14-15-16(11)10-5-8(13)3-4-12(10)19-2/h3-6H,7H2,1-2H3. The third kappa shape index (κ3) is 2.59. The van der Waals surface area contributed by atoms with Gasteiger partial charge in [0.25, 0.3) is 0 Å². The average Bonchev–Trinajstić information content (AvgIpc) is 2.82. The number of aromatic nitrogens is 3.